The van der Waals surface area contributed by atoms with Crippen LogP contribution in [0.25, 0.3) is 10.2 Å². The number of nitrogens with two attached hydrogens (primary N) is 1. The molecule has 0 aliphatic heterocycles. The minimum Gasteiger partial charge on any atom is -0.397 e. The molecular formula is C15H21N3S. The second-order valence-corrected chi connectivity index (χ2v) is 7.12. The normalized spacial score (nSPS) is 15.4. The third kappa shape index (κ3) is 2.54. The first-order valence-corrected chi connectivity index (χ1v) is 7.79. The third-order valence-corrected chi connectivity index (χ3v) is 4.44. The molecule has 0 spiro atoms. The Balaban J connectivity index is 2.03. The number of nitrogens with zero attached hydrogens (tertiary/aromatic N) is 2. The van der Waals surface area contributed by atoms with Crippen LogP contribution in [0.5, 0.6) is 0 Å². The Kier molecular flexibility index (Phi) is 3.13. The predicted octanol–water partition coefficient (Wildman–Crippen LogP) is 3.81. The molecule has 1 aliphatic carbocycles. The summed E-state index contributed by atoms with van der Waals surface area (Å²) in [5, 5.41) is 1.10. The number of benzene rings is 1. The van der Waals surface area contributed by atoms with Crippen LogP contribution < -0.4 is 10.6 Å². The van der Waals surface area contributed by atoms with Gasteiger partial charge in [0.15, 0.2) is 0 Å². The van der Waals surface area contributed by atoms with Crippen LogP contribution in [0.4, 0.5) is 11.4 Å². The summed E-state index contributed by atoms with van der Waals surface area (Å²) in [6.07, 6.45) is 2.58. The molecule has 1 aromatic carbocycles. The largest absolute Gasteiger partial charge is 0.397 e. The average molecular weight is 275 g/mol. The smallest absolute Gasteiger partial charge is 0.0907 e. The maximum atomic E-state index is 6.28. The van der Waals surface area contributed by atoms with E-state index in [1.54, 1.807) is 11.3 Å². The summed E-state index contributed by atoms with van der Waals surface area (Å²) in [5.74, 6) is 0.646. The summed E-state index contributed by atoms with van der Waals surface area (Å²) < 4.78 is 1.19. The summed E-state index contributed by atoms with van der Waals surface area (Å²) in [7, 11) is 0. The van der Waals surface area contributed by atoms with Gasteiger partial charge in [0.2, 0.25) is 0 Å². The number of thiazole rings is 1. The second-order valence-electron chi connectivity index (χ2n) is 5.89. The third-order valence-electron chi connectivity index (χ3n) is 3.50. The maximum absolute atomic E-state index is 6.28. The lowest BCUT2D eigenvalue weighted by atomic mass is 10.1. The number of hydrogen-bond donors (Lipinski definition) is 1. The van der Waals surface area contributed by atoms with Crippen molar-refractivity contribution < 1.29 is 0 Å². The highest BCUT2D eigenvalue weighted by Gasteiger charge is 2.30. The lowest BCUT2D eigenvalue weighted by molar-refractivity contribution is 0.608. The molecule has 102 valence electrons. The second kappa shape index (κ2) is 4.67. The molecule has 0 radical (unpaired) electrons. The molecule has 3 rings (SSSR count). The molecule has 0 amide bonds. The molecule has 1 fully saturated rings. The van der Waals surface area contributed by atoms with Crippen LogP contribution in [-0.4, -0.2) is 17.6 Å². The van der Waals surface area contributed by atoms with Crippen molar-refractivity contribution in [2.24, 2.45) is 5.92 Å². The lowest BCUT2D eigenvalue weighted by Gasteiger charge is -2.28. The molecule has 4 heteroatoms. The van der Waals surface area contributed by atoms with Gasteiger partial charge in [-0.3, -0.25) is 0 Å². The number of fused-ring (bicyclic) bond motifs is 1. The first-order chi connectivity index (χ1) is 9.04. The van der Waals surface area contributed by atoms with E-state index < -0.39 is 0 Å². The van der Waals surface area contributed by atoms with E-state index in [4.69, 9.17) is 5.73 Å². The van der Waals surface area contributed by atoms with Gasteiger partial charge in [0.05, 0.1) is 26.6 Å². The summed E-state index contributed by atoms with van der Waals surface area (Å²) in [6.45, 7) is 7.64. The van der Waals surface area contributed by atoms with Gasteiger partial charge in [-0.15, -0.1) is 11.3 Å². The zero-order chi connectivity index (χ0) is 13.6. The molecule has 1 heterocycles. The van der Waals surface area contributed by atoms with Crippen LogP contribution in [-0.2, 0) is 0 Å². The summed E-state index contributed by atoms with van der Waals surface area (Å²) in [4.78, 5) is 7.07. The number of hydrogen-bond acceptors (Lipinski definition) is 4. The van der Waals surface area contributed by atoms with Crippen LogP contribution in [0.2, 0.25) is 0 Å². The number of aryl methyl sites for hydroxylation is 1. The summed E-state index contributed by atoms with van der Waals surface area (Å²) >= 11 is 1.72. The lowest BCUT2D eigenvalue weighted by Crippen LogP contribution is -2.30. The first-order valence-electron chi connectivity index (χ1n) is 6.98. The summed E-state index contributed by atoms with van der Waals surface area (Å²) in [6, 6.07) is 4.95. The van der Waals surface area contributed by atoms with E-state index in [1.165, 1.54) is 23.2 Å². The Morgan fingerprint density at radius 2 is 2.16 bits per heavy atom. The van der Waals surface area contributed by atoms with Crippen LogP contribution in [0.3, 0.4) is 0 Å². The molecule has 0 atom stereocenters. The van der Waals surface area contributed by atoms with Crippen LogP contribution >= 0.6 is 11.3 Å². The zero-order valence-corrected chi connectivity index (χ0v) is 12.6. The van der Waals surface area contributed by atoms with Crippen molar-refractivity contribution in [1.29, 1.82) is 0 Å². The maximum Gasteiger partial charge on any atom is 0.0907 e. The predicted molar refractivity (Wildman–Crippen MR) is 84.0 cm³/mol. The first kappa shape index (κ1) is 12.7. The average Bonchev–Trinajstić information content (AvgIpc) is 3.08. The zero-order valence-electron chi connectivity index (χ0n) is 11.8. The van der Waals surface area contributed by atoms with Gasteiger partial charge in [-0.1, -0.05) is 13.8 Å². The monoisotopic (exact) mass is 275 g/mol. The Morgan fingerprint density at radius 1 is 1.42 bits per heavy atom. The number of rotatable bonds is 4. The molecule has 1 saturated carbocycles. The van der Waals surface area contributed by atoms with Crippen molar-refractivity contribution in [1.82, 2.24) is 4.98 Å². The quantitative estimate of drug-likeness (QED) is 0.863. The van der Waals surface area contributed by atoms with E-state index in [0.29, 0.717) is 12.0 Å². The van der Waals surface area contributed by atoms with Gasteiger partial charge in [0, 0.05) is 12.6 Å². The molecule has 2 aromatic rings. The van der Waals surface area contributed by atoms with Crippen molar-refractivity contribution in [3.63, 3.8) is 0 Å². The van der Waals surface area contributed by atoms with E-state index in [0.717, 1.165) is 22.8 Å². The van der Waals surface area contributed by atoms with Gasteiger partial charge >= 0.3 is 0 Å². The molecule has 0 bridgehead atoms. The fraction of sp³-hybridized carbons (Fsp3) is 0.533. The van der Waals surface area contributed by atoms with Gasteiger partial charge in [0.1, 0.15) is 0 Å². The van der Waals surface area contributed by atoms with E-state index in [-0.39, 0.29) is 0 Å². The molecule has 19 heavy (non-hydrogen) atoms. The van der Waals surface area contributed by atoms with Crippen LogP contribution in [0, 0.1) is 12.8 Å². The Bertz CT molecular complexity index is 599. The van der Waals surface area contributed by atoms with E-state index in [9.17, 15) is 0 Å². The Morgan fingerprint density at radius 3 is 2.79 bits per heavy atom. The fourth-order valence-electron chi connectivity index (χ4n) is 2.57. The number of anilines is 2. The van der Waals surface area contributed by atoms with E-state index in [1.807, 2.05) is 6.92 Å². The van der Waals surface area contributed by atoms with Crippen molar-refractivity contribution in [2.75, 3.05) is 17.2 Å². The Labute approximate surface area is 118 Å². The van der Waals surface area contributed by atoms with Crippen molar-refractivity contribution >= 4 is 32.9 Å². The van der Waals surface area contributed by atoms with Gasteiger partial charge in [-0.05, 0) is 37.8 Å². The molecular weight excluding hydrogens is 254 g/mol. The van der Waals surface area contributed by atoms with Crippen LogP contribution in [0.15, 0.2) is 12.1 Å². The highest BCUT2D eigenvalue weighted by atomic mass is 32.1. The molecule has 3 nitrogen and oxygen atoms in total. The Hall–Kier alpha value is -1.29. The van der Waals surface area contributed by atoms with Crippen molar-refractivity contribution in [3.05, 3.63) is 17.1 Å². The molecule has 2 N–H and O–H groups in total. The highest BCUT2D eigenvalue weighted by Crippen LogP contribution is 2.38. The summed E-state index contributed by atoms with van der Waals surface area (Å²) in [5.41, 5.74) is 9.43. The fourth-order valence-corrected chi connectivity index (χ4v) is 3.42. The molecule has 1 aliphatic rings. The number of nitrogen functional groups attached to an aromatic ring is 1. The molecule has 0 saturated heterocycles. The van der Waals surface area contributed by atoms with Gasteiger partial charge < -0.3 is 10.6 Å². The van der Waals surface area contributed by atoms with Gasteiger partial charge in [-0.25, -0.2) is 4.98 Å². The number of aromatic nitrogens is 1. The van der Waals surface area contributed by atoms with Crippen molar-refractivity contribution in [2.45, 2.75) is 39.7 Å². The standard InChI is InChI=1S/C15H21N3S/c1-9(2)8-18(11-4-5-11)14-7-13-15(6-12(14)16)19-10(3)17-13/h6-7,9,11H,4-5,8,16H2,1-3H3. The van der Waals surface area contributed by atoms with Crippen LogP contribution in [0.1, 0.15) is 31.7 Å². The highest BCUT2D eigenvalue weighted by molar-refractivity contribution is 7.18. The molecule has 0 unspecified atom stereocenters. The van der Waals surface area contributed by atoms with Crippen molar-refractivity contribution in [3.8, 4) is 0 Å². The topological polar surface area (TPSA) is 42.2 Å². The van der Waals surface area contributed by atoms with E-state index >= 15 is 0 Å². The van der Waals surface area contributed by atoms with E-state index in [2.05, 4.69) is 35.9 Å². The minimum atomic E-state index is 0.646. The molecule has 1 aromatic heterocycles. The SMILES string of the molecule is Cc1nc2cc(N(CC(C)C)C3CC3)c(N)cc2s1. The minimum absolute atomic E-state index is 0.646. The van der Waals surface area contributed by atoms with Gasteiger partial charge in [0.25, 0.3) is 0 Å². The van der Waals surface area contributed by atoms with Gasteiger partial charge in [-0.2, -0.15) is 0 Å².